The Morgan fingerprint density at radius 2 is 2.11 bits per heavy atom. The average Bonchev–Trinajstić information content (AvgIpc) is 2.38. The highest BCUT2D eigenvalue weighted by Gasteiger charge is 2.18. The van der Waals surface area contributed by atoms with E-state index in [0.29, 0.717) is 5.92 Å². The predicted octanol–water partition coefficient (Wildman–Crippen LogP) is 3.10. The van der Waals surface area contributed by atoms with Gasteiger partial charge in [-0.15, -0.1) is 0 Å². The summed E-state index contributed by atoms with van der Waals surface area (Å²) in [4.78, 5) is 13.8. The lowest BCUT2D eigenvalue weighted by molar-refractivity contribution is -0.127. The molecule has 2 nitrogen and oxygen atoms in total. The smallest absolute Gasteiger partial charge is 0.246 e. The second-order valence-corrected chi connectivity index (χ2v) is 4.92. The van der Waals surface area contributed by atoms with Crippen molar-refractivity contribution in [2.24, 2.45) is 5.92 Å². The van der Waals surface area contributed by atoms with Gasteiger partial charge < -0.3 is 4.90 Å². The van der Waals surface area contributed by atoms with E-state index in [9.17, 15) is 9.18 Å². The van der Waals surface area contributed by atoms with Crippen molar-refractivity contribution in [3.05, 3.63) is 41.7 Å². The first kappa shape index (κ1) is 12.8. The van der Waals surface area contributed by atoms with Crippen LogP contribution in [-0.4, -0.2) is 23.9 Å². The molecule has 0 aromatic heterocycles. The molecule has 3 heteroatoms. The molecule has 0 unspecified atom stereocenters. The number of nitrogens with zero attached hydrogens (tertiary/aromatic N) is 1. The number of carbonyl (C=O) groups excluding carboxylic acids is 1. The summed E-state index contributed by atoms with van der Waals surface area (Å²) in [5.41, 5.74) is 0.842. The highest BCUT2D eigenvalue weighted by Crippen LogP contribution is 2.16. The van der Waals surface area contributed by atoms with Crippen molar-refractivity contribution in [2.45, 2.75) is 19.8 Å². The van der Waals surface area contributed by atoms with Gasteiger partial charge in [0.25, 0.3) is 0 Å². The molecule has 1 aromatic rings. The molecule has 0 radical (unpaired) electrons. The molecule has 0 spiro atoms. The third-order valence-electron chi connectivity index (χ3n) is 3.26. The van der Waals surface area contributed by atoms with Gasteiger partial charge in [0.1, 0.15) is 5.82 Å². The zero-order valence-corrected chi connectivity index (χ0v) is 10.6. The highest BCUT2D eigenvalue weighted by molar-refractivity contribution is 5.91. The summed E-state index contributed by atoms with van der Waals surface area (Å²) in [6.07, 6.45) is 5.59. The number of amides is 1. The van der Waals surface area contributed by atoms with Gasteiger partial charge in [-0.2, -0.15) is 0 Å². The van der Waals surface area contributed by atoms with Gasteiger partial charge in [-0.3, -0.25) is 4.79 Å². The van der Waals surface area contributed by atoms with E-state index in [0.717, 1.165) is 25.1 Å². The third-order valence-corrected chi connectivity index (χ3v) is 3.26. The van der Waals surface area contributed by atoms with Crippen LogP contribution in [0.3, 0.4) is 0 Å². The Morgan fingerprint density at radius 3 is 2.78 bits per heavy atom. The van der Waals surface area contributed by atoms with E-state index in [1.807, 2.05) is 4.90 Å². The molecule has 0 bridgehead atoms. The largest absolute Gasteiger partial charge is 0.339 e. The lowest BCUT2D eigenvalue weighted by Gasteiger charge is -2.30. The van der Waals surface area contributed by atoms with Crippen LogP contribution >= 0.6 is 0 Å². The number of hydrogen-bond acceptors (Lipinski definition) is 1. The van der Waals surface area contributed by atoms with Crippen LogP contribution in [0.4, 0.5) is 4.39 Å². The Bertz CT molecular complexity index is 438. The van der Waals surface area contributed by atoms with Crippen LogP contribution in [0, 0.1) is 11.7 Å². The number of hydrogen-bond donors (Lipinski definition) is 0. The third kappa shape index (κ3) is 3.42. The lowest BCUT2D eigenvalue weighted by atomic mass is 10.0. The molecule has 1 atom stereocenters. The van der Waals surface area contributed by atoms with E-state index in [4.69, 9.17) is 0 Å². The second-order valence-electron chi connectivity index (χ2n) is 4.92. The van der Waals surface area contributed by atoms with Gasteiger partial charge in [0, 0.05) is 19.2 Å². The first-order valence-electron chi connectivity index (χ1n) is 6.38. The zero-order valence-electron chi connectivity index (χ0n) is 10.6. The van der Waals surface area contributed by atoms with Crippen molar-refractivity contribution in [1.29, 1.82) is 0 Å². The van der Waals surface area contributed by atoms with Gasteiger partial charge in [-0.1, -0.05) is 19.1 Å². The molecule has 1 fully saturated rings. The minimum absolute atomic E-state index is 0.0471. The molecule has 2 rings (SSSR count). The van der Waals surface area contributed by atoms with Crippen molar-refractivity contribution in [1.82, 2.24) is 4.90 Å². The van der Waals surface area contributed by atoms with Crippen molar-refractivity contribution in [3.63, 3.8) is 0 Å². The van der Waals surface area contributed by atoms with Gasteiger partial charge in [0.15, 0.2) is 0 Å². The first-order valence-corrected chi connectivity index (χ1v) is 6.38. The van der Waals surface area contributed by atoms with Gasteiger partial charge in [-0.05, 0) is 42.5 Å². The van der Waals surface area contributed by atoms with Crippen molar-refractivity contribution >= 4 is 12.0 Å². The SMILES string of the molecule is C[C@H]1CCCN(C(=O)/C=C/c2ccc(F)cc2)C1. The maximum atomic E-state index is 12.7. The summed E-state index contributed by atoms with van der Waals surface area (Å²) in [7, 11) is 0. The molecule has 0 aliphatic carbocycles. The molecule has 0 N–H and O–H groups in total. The van der Waals surface area contributed by atoms with Crippen LogP contribution in [0.1, 0.15) is 25.3 Å². The van der Waals surface area contributed by atoms with E-state index in [1.165, 1.54) is 18.6 Å². The summed E-state index contributed by atoms with van der Waals surface area (Å²) in [6, 6.07) is 6.12. The van der Waals surface area contributed by atoms with Crippen LogP contribution in [-0.2, 0) is 4.79 Å². The van der Waals surface area contributed by atoms with Crippen molar-refractivity contribution in [2.75, 3.05) is 13.1 Å². The highest BCUT2D eigenvalue weighted by atomic mass is 19.1. The maximum absolute atomic E-state index is 12.7. The molecular weight excluding hydrogens is 229 g/mol. The van der Waals surface area contributed by atoms with Crippen LogP contribution in [0.15, 0.2) is 30.3 Å². The molecule has 18 heavy (non-hydrogen) atoms. The summed E-state index contributed by atoms with van der Waals surface area (Å²) in [6.45, 7) is 3.85. The minimum Gasteiger partial charge on any atom is -0.339 e. The Labute approximate surface area is 107 Å². The van der Waals surface area contributed by atoms with Gasteiger partial charge in [-0.25, -0.2) is 4.39 Å². The Hall–Kier alpha value is -1.64. The number of benzene rings is 1. The number of rotatable bonds is 2. The first-order chi connectivity index (χ1) is 8.65. The van der Waals surface area contributed by atoms with Crippen LogP contribution in [0.25, 0.3) is 6.08 Å². The molecule has 1 saturated heterocycles. The molecule has 0 saturated carbocycles. The fraction of sp³-hybridized carbons (Fsp3) is 0.400. The minimum atomic E-state index is -0.261. The molecule has 1 heterocycles. The van der Waals surface area contributed by atoms with Crippen LogP contribution < -0.4 is 0 Å². The van der Waals surface area contributed by atoms with E-state index in [2.05, 4.69) is 6.92 Å². The maximum Gasteiger partial charge on any atom is 0.246 e. The Morgan fingerprint density at radius 1 is 1.39 bits per heavy atom. The van der Waals surface area contributed by atoms with E-state index in [1.54, 1.807) is 24.3 Å². The summed E-state index contributed by atoms with van der Waals surface area (Å²) >= 11 is 0. The predicted molar refractivity (Wildman–Crippen MR) is 70.4 cm³/mol. The van der Waals surface area contributed by atoms with E-state index < -0.39 is 0 Å². The van der Waals surface area contributed by atoms with E-state index in [-0.39, 0.29) is 11.7 Å². The summed E-state index contributed by atoms with van der Waals surface area (Å²) in [5.74, 6) is 0.371. The second kappa shape index (κ2) is 5.80. The average molecular weight is 247 g/mol. The lowest BCUT2D eigenvalue weighted by Crippen LogP contribution is -2.38. The molecule has 96 valence electrons. The number of likely N-dealkylation sites (tertiary alicyclic amines) is 1. The number of halogens is 1. The fourth-order valence-electron chi connectivity index (χ4n) is 2.24. The van der Waals surface area contributed by atoms with Crippen LogP contribution in [0.5, 0.6) is 0 Å². The van der Waals surface area contributed by atoms with Crippen LogP contribution in [0.2, 0.25) is 0 Å². The number of carbonyl (C=O) groups is 1. The van der Waals surface area contributed by atoms with E-state index >= 15 is 0 Å². The van der Waals surface area contributed by atoms with Gasteiger partial charge in [0.05, 0.1) is 0 Å². The fourth-order valence-corrected chi connectivity index (χ4v) is 2.24. The summed E-state index contributed by atoms with van der Waals surface area (Å²) in [5, 5.41) is 0. The topological polar surface area (TPSA) is 20.3 Å². The van der Waals surface area contributed by atoms with Crippen molar-refractivity contribution < 1.29 is 9.18 Å². The molecule has 1 aromatic carbocycles. The quantitative estimate of drug-likeness (QED) is 0.735. The zero-order chi connectivity index (χ0) is 13.0. The molecule has 1 amide bonds. The number of piperidine rings is 1. The standard InChI is InChI=1S/C15H18FNO/c1-12-3-2-10-17(11-12)15(18)9-6-13-4-7-14(16)8-5-13/h4-9,12H,2-3,10-11H2,1H3/b9-6+/t12-/m0/s1. The van der Waals surface area contributed by atoms with Gasteiger partial charge in [0.2, 0.25) is 5.91 Å². The van der Waals surface area contributed by atoms with Gasteiger partial charge >= 0.3 is 0 Å². The Balaban J connectivity index is 1.96. The summed E-state index contributed by atoms with van der Waals surface area (Å²) < 4.78 is 12.7. The molecule has 1 aliphatic heterocycles. The Kier molecular flexibility index (Phi) is 4.13. The monoisotopic (exact) mass is 247 g/mol. The molecular formula is C15H18FNO. The molecule has 1 aliphatic rings. The van der Waals surface area contributed by atoms with Crippen molar-refractivity contribution in [3.8, 4) is 0 Å². The normalized spacial score (nSPS) is 20.3.